The van der Waals surface area contributed by atoms with Crippen LogP contribution in [0.25, 0.3) is 0 Å². The maximum atomic E-state index is 12.9. The Labute approximate surface area is 123 Å². The van der Waals surface area contributed by atoms with Gasteiger partial charge in [0.2, 0.25) is 5.91 Å². The van der Waals surface area contributed by atoms with Crippen LogP contribution in [0.2, 0.25) is 0 Å². The van der Waals surface area contributed by atoms with E-state index in [1.54, 1.807) is 6.92 Å². The van der Waals surface area contributed by atoms with Crippen LogP contribution < -0.4 is 4.90 Å². The van der Waals surface area contributed by atoms with Crippen LogP contribution in [0.5, 0.6) is 0 Å². The largest absolute Gasteiger partial charge is 0.492 e. The standard InChI is InChI=1S/C13H12F4N2O3/c1-8-6-18(22-12(21)13(15,16)17)7-11(20)19(8)10-4-2-9(14)3-5-10/h2-5,8H,6-7H2,1H3. The minimum Gasteiger partial charge on any atom is -0.360 e. The smallest absolute Gasteiger partial charge is 0.360 e. The molecule has 0 bridgehead atoms. The van der Waals surface area contributed by atoms with E-state index in [1.165, 1.54) is 29.2 Å². The predicted molar refractivity (Wildman–Crippen MR) is 67.1 cm³/mol. The Bertz CT molecular complexity index is 574. The van der Waals surface area contributed by atoms with Crippen molar-refractivity contribution in [3.8, 4) is 0 Å². The number of benzene rings is 1. The lowest BCUT2D eigenvalue weighted by atomic mass is 10.1. The molecule has 1 saturated heterocycles. The van der Waals surface area contributed by atoms with Crippen LogP contribution in [0.1, 0.15) is 6.92 Å². The number of hydrogen-bond acceptors (Lipinski definition) is 4. The molecular weight excluding hydrogens is 308 g/mol. The van der Waals surface area contributed by atoms with Crippen LogP contribution in [0.3, 0.4) is 0 Å². The lowest BCUT2D eigenvalue weighted by Gasteiger charge is -2.38. The van der Waals surface area contributed by atoms with Gasteiger partial charge in [0.15, 0.2) is 0 Å². The highest BCUT2D eigenvalue weighted by Gasteiger charge is 2.44. The molecule has 0 aliphatic carbocycles. The van der Waals surface area contributed by atoms with E-state index in [-0.39, 0.29) is 6.54 Å². The number of carbonyl (C=O) groups is 2. The maximum absolute atomic E-state index is 12.9. The molecule has 1 amide bonds. The van der Waals surface area contributed by atoms with Crippen LogP contribution in [-0.2, 0) is 14.4 Å². The summed E-state index contributed by atoms with van der Waals surface area (Å²) in [7, 11) is 0. The molecule has 2 rings (SSSR count). The lowest BCUT2D eigenvalue weighted by molar-refractivity contribution is -0.239. The van der Waals surface area contributed by atoms with Crippen LogP contribution in [0, 0.1) is 5.82 Å². The Balaban J connectivity index is 2.08. The number of halogens is 4. The molecular formula is C13H12F4N2O3. The third-order valence-corrected chi connectivity index (χ3v) is 3.04. The van der Waals surface area contributed by atoms with Crippen molar-refractivity contribution in [2.45, 2.75) is 19.1 Å². The lowest BCUT2D eigenvalue weighted by Crippen LogP contribution is -2.56. The van der Waals surface area contributed by atoms with Gasteiger partial charge >= 0.3 is 12.1 Å². The Hall–Kier alpha value is -2.16. The molecule has 5 nitrogen and oxygen atoms in total. The number of piperazine rings is 1. The van der Waals surface area contributed by atoms with Gasteiger partial charge in [0, 0.05) is 5.69 Å². The fourth-order valence-corrected chi connectivity index (χ4v) is 2.15. The summed E-state index contributed by atoms with van der Waals surface area (Å²) in [6.07, 6.45) is -5.12. The van der Waals surface area contributed by atoms with Gasteiger partial charge in [0.1, 0.15) is 12.4 Å². The molecule has 9 heteroatoms. The van der Waals surface area contributed by atoms with E-state index in [1.807, 2.05) is 0 Å². The van der Waals surface area contributed by atoms with Crippen LogP contribution in [0.4, 0.5) is 23.2 Å². The topological polar surface area (TPSA) is 49.9 Å². The second-order valence-electron chi connectivity index (χ2n) is 4.79. The van der Waals surface area contributed by atoms with E-state index in [4.69, 9.17) is 0 Å². The summed E-state index contributed by atoms with van der Waals surface area (Å²) in [5, 5.41) is 0.669. The highest BCUT2D eigenvalue weighted by atomic mass is 19.4. The first-order valence-corrected chi connectivity index (χ1v) is 6.30. The third-order valence-electron chi connectivity index (χ3n) is 3.04. The average Bonchev–Trinajstić information content (AvgIpc) is 2.39. The summed E-state index contributed by atoms with van der Waals surface area (Å²) in [6.45, 7) is 0.976. The summed E-state index contributed by atoms with van der Waals surface area (Å²) in [5.41, 5.74) is 0.417. The van der Waals surface area contributed by atoms with Crippen molar-refractivity contribution in [1.29, 1.82) is 0 Å². The minimum absolute atomic E-state index is 0.0923. The summed E-state index contributed by atoms with van der Waals surface area (Å²) in [6, 6.07) is 4.58. The van der Waals surface area contributed by atoms with Gasteiger partial charge in [-0.25, -0.2) is 9.18 Å². The van der Waals surface area contributed by atoms with Gasteiger partial charge in [-0.05, 0) is 31.2 Å². The molecule has 1 unspecified atom stereocenters. The highest BCUT2D eigenvalue weighted by molar-refractivity contribution is 5.96. The van der Waals surface area contributed by atoms with Crippen LogP contribution >= 0.6 is 0 Å². The molecule has 0 aromatic heterocycles. The fourth-order valence-electron chi connectivity index (χ4n) is 2.15. The van der Waals surface area contributed by atoms with Gasteiger partial charge in [-0.1, -0.05) is 0 Å². The minimum atomic E-state index is -5.12. The molecule has 22 heavy (non-hydrogen) atoms. The van der Waals surface area contributed by atoms with Crippen molar-refractivity contribution in [2.24, 2.45) is 0 Å². The van der Waals surface area contributed by atoms with Gasteiger partial charge in [-0.2, -0.15) is 13.2 Å². The summed E-state index contributed by atoms with van der Waals surface area (Å²) in [5.74, 6) is -3.40. The summed E-state index contributed by atoms with van der Waals surface area (Å²) in [4.78, 5) is 28.3. The molecule has 1 aliphatic heterocycles. The molecule has 0 radical (unpaired) electrons. The first-order valence-electron chi connectivity index (χ1n) is 6.30. The van der Waals surface area contributed by atoms with Crippen LogP contribution in [0.15, 0.2) is 24.3 Å². The molecule has 1 aliphatic rings. The summed E-state index contributed by atoms with van der Waals surface area (Å²) < 4.78 is 49.3. The van der Waals surface area contributed by atoms with Crippen molar-refractivity contribution in [3.05, 3.63) is 30.1 Å². The molecule has 0 spiro atoms. The first-order chi connectivity index (χ1) is 10.2. The van der Waals surface area contributed by atoms with Crippen molar-refractivity contribution >= 4 is 17.6 Å². The number of anilines is 1. The van der Waals surface area contributed by atoms with Crippen molar-refractivity contribution in [2.75, 3.05) is 18.0 Å². The van der Waals surface area contributed by atoms with E-state index in [0.29, 0.717) is 10.8 Å². The zero-order valence-electron chi connectivity index (χ0n) is 11.4. The second-order valence-corrected chi connectivity index (χ2v) is 4.79. The Kier molecular flexibility index (Phi) is 4.36. The number of alkyl halides is 3. The molecule has 1 aromatic carbocycles. The number of nitrogens with zero attached hydrogens (tertiary/aromatic N) is 2. The number of amides is 1. The van der Waals surface area contributed by atoms with E-state index in [9.17, 15) is 27.2 Å². The molecule has 1 atom stereocenters. The van der Waals surface area contributed by atoms with E-state index < -0.39 is 36.5 Å². The van der Waals surface area contributed by atoms with Gasteiger partial charge < -0.3 is 9.74 Å². The normalized spacial score (nSPS) is 20.1. The Morgan fingerprint density at radius 2 is 1.86 bits per heavy atom. The quantitative estimate of drug-likeness (QED) is 0.781. The third kappa shape index (κ3) is 3.53. The SMILES string of the molecule is CC1CN(OC(=O)C(F)(F)F)CC(=O)N1c1ccc(F)cc1. The average molecular weight is 320 g/mol. The van der Waals surface area contributed by atoms with E-state index in [0.717, 1.165) is 0 Å². The van der Waals surface area contributed by atoms with Crippen molar-refractivity contribution < 1.29 is 32.0 Å². The van der Waals surface area contributed by atoms with Crippen LogP contribution in [-0.4, -0.2) is 42.2 Å². The van der Waals surface area contributed by atoms with Gasteiger partial charge in [0.25, 0.3) is 0 Å². The Morgan fingerprint density at radius 3 is 2.36 bits per heavy atom. The maximum Gasteiger partial charge on any atom is 0.492 e. The number of carbonyl (C=O) groups excluding carboxylic acids is 2. The van der Waals surface area contributed by atoms with Gasteiger partial charge in [0.05, 0.1) is 12.6 Å². The highest BCUT2D eigenvalue weighted by Crippen LogP contribution is 2.23. The predicted octanol–water partition coefficient (Wildman–Crippen LogP) is 1.88. The number of hydrogen-bond donors (Lipinski definition) is 0. The zero-order chi connectivity index (χ0) is 16.5. The Morgan fingerprint density at radius 1 is 1.27 bits per heavy atom. The van der Waals surface area contributed by atoms with E-state index in [2.05, 4.69) is 4.84 Å². The van der Waals surface area contributed by atoms with Gasteiger partial charge in [-0.3, -0.25) is 4.79 Å². The molecule has 1 aromatic rings. The molecule has 0 saturated carbocycles. The number of rotatable bonds is 2. The molecule has 1 heterocycles. The van der Waals surface area contributed by atoms with Crippen molar-refractivity contribution in [1.82, 2.24) is 5.06 Å². The molecule has 120 valence electrons. The molecule has 1 fully saturated rings. The number of hydroxylamine groups is 2. The second kappa shape index (κ2) is 5.91. The summed E-state index contributed by atoms with van der Waals surface area (Å²) >= 11 is 0. The van der Waals surface area contributed by atoms with Crippen molar-refractivity contribution in [3.63, 3.8) is 0 Å². The van der Waals surface area contributed by atoms with E-state index >= 15 is 0 Å². The first kappa shape index (κ1) is 16.2. The monoisotopic (exact) mass is 320 g/mol. The zero-order valence-corrected chi connectivity index (χ0v) is 11.4. The fraction of sp³-hybridized carbons (Fsp3) is 0.385. The molecule has 0 N–H and O–H groups in total. The van der Waals surface area contributed by atoms with Gasteiger partial charge in [-0.15, -0.1) is 5.06 Å².